The molecule has 0 unspecified atom stereocenters. The second-order valence-electron chi connectivity index (χ2n) is 7.54. The van der Waals surface area contributed by atoms with Gasteiger partial charge < -0.3 is 5.11 Å². The van der Waals surface area contributed by atoms with Crippen LogP contribution in [0.25, 0.3) is 11.1 Å². The lowest BCUT2D eigenvalue weighted by Gasteiger charge is -2.20. The van der Waals surface area contributed by atoms with Crippen LogP contribution in [0.3, 0.4) is 0 Å². The lowest BCUT2D eigenvalue weighted by Crippen LogP contribution is -2.17. The SMILES string of the molecule is Cc1ccccc1-c1ccc2c(c1)CN(C)[C@@H]2CCc1cnccc1C(=O)O. The maximum absolute atomic E-state index is 11.4. The fourth-order valence-corrected chi connectivity index (χ4v) is 4.25. The predicted octanol–water partition coefficient (Wildman–Crippen LogP) is 4.87. The molecule has 1 aromatic heterocycles. The Kier molecular flexibility index (Phi) is 4.97. The average Bonchev–Trinajstić information content (AvgIpc) is 3.01. The number of aryl methyl sites for hydroxylation is 2. The van der Waals surface area contributed by atoms with Crippen molar-refractivity contribution in [1.82, 2.24) is 9.88 Å². The van der Waals surface area contributed by atoms with Gasteiger partial charge in [0.1, 0.15) is 0 Å². The lowest BCUT2D eigenvalue weighted by atomic mass is 9.93. The predicted molar refractivity (Wildman–Crippen MR) is 110 cm³/mol. The van der Waals surface area contributed by atoms with Crippen LogP contribution in [0, 0.1) is 6.92 Å². The van der Waals surface area contributed by atoms with E-state index in [0.717, 1.165) is 18.5 Å². The van der Waals surface area contributed by atoms with Crippen LogP contribution >= 0.6 is 0 Å². The van der Waals surface area contributed by atoms with Crippen LogP contribution in [0.15, 0.2) is 60.9 Å². The number of carbonyl (C=O) groups is 1. The van der Waals surface area contributed by atoms with E-state index >= 15 is 0 Å². The van der Waals surface area contributed by atoms with Gasteiger partial charge in [-0.3, -0.25) is 9.88 Å². The van der Waals surface area contributed by atoms with Crippen molar-refractivity contribution >= 4 is 5.97 Å². The Morgan fingerprint density at radius 1 is 1.21 bits per heavy atom. The first kappa shape index (κ1) is 18.4. The Morgan fingerprint density at radius 2 is 2.04 bits per heavy atom. The molecular weight excluding hydrogens is 348 g/mol. The summed E-state index contributed by atoms with van der Waals surface area (Å²) in [5.41, 5.74) is 7.67. The number of nitrogens with zero attached hydrogens (tertiary/aromatic N) is 2. The molecule has 0 radical (unpaired) electrons. The summed E-state index contributed by atoms with van der Waals surface area (Å²) in [6.07, 6.45) is 4.79. The third-order valence-electron chi connectivity index (χ3n) is 5.73. The topological polar surface area (TPSA) is 53.4 Å². The van der Waals surface area contributed by atoms with E-state index in [1.807, 2.05) is 0 Å². The Bertz CT molecular complexity index is 1030. The standard InChI is InChI=1S/C24H24N2O2/c1-16-5-3-4-6-20(16)17-7-9-21-19(13-17)15-26(2)23(21)10-8-18-14-25-12-11-22(18)24(27)28/h3-7,9,11-14,23H,8,10,15H2,1-2H3,(H,27,28)/t23-/m1/s1. The molecule has 0 fully saturated rings. The number of hydrogen-bond donors (Lipinski definition) is 1. The van der Waals surface area contributed by atoms with Crippen molar-refractivity contribution in [2.24, 2.45) is 0 Å². The molecule has 3 aromatic rings. The summed E-state index contributed by atoms with van der Waals surface area (Å²) in [4.78, 5) is 17.9. The van der Waals surface area contributed by atoms with Gasteiger partial charge in [-0.1, -0.05) is 36.4 Å². The van der Waals surface area contributed by atoms with Gasteiger partial charge in [0.25, 0.3) is 0 Å². The van der Waals surface area contributed by atoms with Crippen LogP contribution in [0.5, 0.6) is 0 Å². The minimum Gasteiger partial charge on any atom is -0.478 e. The molecule has 1 aliphatic heterocycles. The van der Waals surface area contributed by atoms with Crippen molar-refractivity contribution in [3.8, 4) is 11.1 Å². The number of benzene rings is 2. The number of pyridine rings is 1. The van der Waals surface area contributed by atoms with Gasteiger partial charge in [0, 0.05) is 25.0 Å². The van der Waals surface area contributed by atoms with Gasteiger partial charge in [-0.05, 0) is 72.3 Å². The van der Waals surface area contributed by atoms with E-state index in [1.165, 1.54) is 34.0 Å². The highest BCUT2D eigenvalue weighted by Crippen LogP contribution is 2.38. The van der Waals surface area contributed by atoms with Crippen LogP contribution in [0.1, 0.15) is 45.1 Å². The summed E-state index contributed by atoms with van der Waals surface area (Å²) in [6, 6.07) is 17.1. The Labute approximate surface area is 165 Å². The maximum atomic E-state index is 11.4. The second-order valence-corrected chi connectivity index (χ2v) is 7.54. The highest BCUT2D eigenvalue weighted by molar-refractivity contribution is 5.89. The Hall–Kier alpha value is -2.98. The van der Waals surface area contributed by atoms with E-state index in [9.17, 15) is 9.90 Å². The molecule has 1 N–H and O–H groups in total. The molecule has 28 heavy (non-hydrogen) atoms. The number of hydrogen-bond acceptors (Lipinski definition) is 3. The second kappa shape index (κ2) is 7.56. The van der Waals surface area contributed by atoms with E-state index in [-0.39, 0.29) is 0 Å². The van der Waals surface area contributed by atoms with Crippen molar-refractivity contribution in [3.63, 3.8) is 0 Å². The molecule has 4 heteroatoms. The molecule has 4 nitrogen and oxygen atoms in total. The highest BCUT2D eigenvalue weighted by atomic mass is 16.4. The third-order valence-corrected chi connectivity index (χ3v) is 5.73. The minimum absolute atomic E-state index is 0.294. The first-order valence-electron chi connectivity index (χ1n) is 9.60. The number of carboxylic acid groups (broad SMARTS) is 1. The van der Waals surface area contributed by atoms with Crippen LogP contribution in [-0.4, -0.2) is 28.0 Å². The van der Waals surface area contributed by atoms with Crippen LogP contribution in [0.4, 0.5) is 0 Å². The molecule has 4 rings (SSSR count). The van der Waals surface area contributed by atoms with Crippen molar-refractivity contribution < 1.29 is 9.90 Å². The van der Waals surface area contributed by atoms with Crippen molar-refractivity contribution in [2.45, 2.75) is 32.4 Å². The van der Waals surface area contributed by atoms with Crippen molar-refractivity contribution in [1.29, 1.82) is 0 Å². The van der Waals surface area contributed by atoms with E-state index in [1.54, 1.807) is 12.3 Å². The molecule has 0 spiro atoms. The number of fused-ring (bicyclic) bond motifs is 1. The number of aromatic nitrogens is 1. The summed E-state index contributed by atoms with van der Waals surface area (Å²) < 4.78 is 0. The molecule has 142 valence electrons. The molecule has 2 aromatic carbocycles. The zero-order chi connectivity index (χ0) is 19.7. The molecule has 0 saturated heterocycles. The van der Waals surface area contributed by atoms with E-state index in [2.05, 4.69) is 66.3 Å². The molecule has 0 bridgehead atoms. The Balaban J connectivity index is 1.58. The first-order chi connectivity index (χ1) is 13.5. The first-order valence-corrected chi connectivity index (χ1v) is 9.60. The minimum atomic E-state index is -0.888. The molecule has 1 aliphatic rings. The number of rotatable bonds is 5. The Morgan fingerprint density at radius 3 is 2.82 bits per heavy atom. The maximum Gasteiger partial charge on any atom is 0.336 e. The van der Waals surface area contributed by atoms with Gasteiger partial charge in [0.05, 0.1) is 5.56 Å². The normalized spacial score (nSPS) is 16.1. The van der Waals surface area contributed by atoms with Crippen LogP contribution in [0.2, 0.25) is 0 Å². The molecule has 2 heterocycles. The van der Waals surface area contributed by atoms with Gasteiger partial charge in [0.15, 0.2) is 0 Å². The van der Waals surface area contributed by atoms with Crippen LogP contribution < -0.4 is 0 Å². The van der Waals surface area contributed by atoms with Crippen LogP contribution in [-0.2, 0) is 13.0 Å². The zero-order valence-corrected chi connectivity index (χ0v) is 16.2. The summed E-state index contributed by atoms with van der Waals surface area (Å²) in [7, 11) is 2.14. The summed E-state index contributed by atoms with van der Waals surface area (Å²) in [5.74, 6) is -0.888. The fourth-order valence-electron chi connectivity index (χ4n) is 4.25. The molecular formula is C24H24N2O2. The van der Waals surface area contributed by atoms with Gasteiger partial charge >= 0.3 is 5.97 Å². The zero-order valence-electron chi connectivity index (χ0n) is 16.2. The van der Waals surface area contributed by atoms with Gasteiger partial charge in [-0.2, -0.15) is 0 Å². The smallest absolute Gasteiger partial charge is 0.336 e. The molecule has 0 aliphatic carbocycles. The van der Waals surface area contributed by atoms with E-state index in [0.29, 0.717) is 18.0 Å². The van der Waals surface area contributed by atoms with Gasteiger partial charge in [0.2, 0.25) is 0 Å². The monoisotopic (exact) mass is 372 g/mol. The third kappa shape index (κ3) is 3.43. The lowest BCUT2D eigenvalue weighted by molar-refractivity contribution is 0.0695. The summed E-state index contributed by atoms with van der Waals surface area (Å²) >= 11 is 0. The largest absolute Gasteiger partial charge is 0.478 e. The quantitative estimate of drug-likeness (QED) is 0.694. The average molecular weight is 372 g/mol. The van der Waals surface area contributed by atoms with E-state index < -0.39 is 5.97 Å². The molecule has 1 atom stereocenters. The van der Waals surface area contributed by atoms with Crippen molar-refractivity contribution in [2.75, 3.05) is 7.05 Å². The van der Waals surface area contributed by atoms with E-state index in [4.69, 9.17) is 0 Å². The summed E-state index contributed by atoms with van der Waals surface area (Å²) in [5, 5.41) is 9.39. The number of carboxylic acids is 1. The van der Waals surface area contributed by atoms with Gasteiger partial charge in [-0.25, -0.2) is 4.79 Å². The fraction of sp³-hybridized carbons (Fsp3) is 0.250. The number of aromatic carboxylic acids is 1. The van der Waals surface area contributed by atoms with Gasteiger partial charge in [-0.15, -0.1) is 0 Å². The summed E-state index contributed by atoms with van der Waals surface area (Å²) in [6.45, 7) is 3.06. The molecule has 0 saturated carbocycles. The highest BCUT2D eigenvalue weighted by Gasteiger charge is 2.28. The molecule has 0 amide bonds. The van der Waals surface area contributed by atoms with Crippen molar-refractivity contribution in [3.05, 3.63) is 88.7 Å².